The lowest BCUT2D eigenvalue weighted by Gasteiger charge is -1.99. The van der Waals surface area contributed by atoms with E-state index in [1.165, 1.54) is 12.1 Å². The Balaban J connectivity index is 2.12. The fourth-order valence-electron chi connectivity index (χ4n) is 1.67. The molecular weight excluding hydrogens is 238 g/mol. The predicted octanol–water partition coefficient (Wildman–Crippen LogP) is 1.56. The summed E-state index contributed by atoms with van der Waals surface area (Å²) in [7, 11) is 0. The van der Waals surface area contributed by atoms with Crippen LogP contribution < -0.4 is 5.76 Å². The summed E-state index contributed by atoms with van der Waals surface area (Å²) in [5.41, 5.74) is 1.29. The van der Waals surface area contributed by atoms with E-state index < -0.39 is 11.7 Å². The van der Waals surface area contributed by atoms with Gasteiger partial charge in [0.25, 0.3) is 0 Å². The monoisotopic (exact) mass is 249 g/mol. The molecule has 0 radical (unpaired) electrons. The van der Waals surface area contributed by atoms with E-state index in [9.17, 15) is 14.4 Å². The summed E-state index contributed by atoms with van der Waals surface area (Å²) in [4.78, 5) is 35.5. The van der Waals surface area contributed by atoms with Crippen LogP contribution in [0.3, 0.4) is 0 Å². The van der Waals surface area contributed by atoms with E-state index in [2.05, 4.69) is 4.98 Å². The number of rotatable bonds is 5. The number of ketones is 1. The van der Waals surface area contributed by atoms with Crippen LogP contribution in [0.1, 0.15) is 29.6 Å². The van der Waals surface area contributed by atoms with Crippen molar-refractivity contribution in [2.75, 3.05) is 0 Å². The van der Waals surface area contributed by atoms with Crippen molar-refractivity contribution in [3.63, 3.8) is 0 Å². The average Bonchev–Trinajstić information content (AvgIpc) is 2.67. The van der Waals surface area contributed by atoms with E-state index >= 15 is 0 Å². The Kier molecular flexibility index (Phi) is 3.27. The lowest BCUT2D eigenvalue weighted by Crippen LogP contribution is -2.01. The van der Waals surface area contributed by atoms with Crippen LogP contribution in [0.4, 0.5) is 0 Å². The number of nitrogens with one attached hydrogen (secondary N) is 1. The third kappa shape index (κ3) is 2.65. The van der Waals surface area contributed by atoms with Gasteiger partial charge in [0, 0.05) is 18.4 Å². The highest BCUT2D eigenvalue weighted by Gasteiger charge is 2.09. The van der Waals surface area contributed by atoms with Crippen molar-refractivity contribution >= 4 is 22.9 Å². The van der Waals surface area contributed by atoms with Crippen molar-refractivity contribution in [3.8, 4) is 0 Å². The van der Waals surface area contributed by atoms with E-state index in [1.54, 1.807) is 6.07 Å². The number of carbonyl (C=O) groups excluding carboxylic acids is 1. The summed E-state index contributed by atoms with van der Waals surface area (Å²) in [5.74, 6) is -1.64. The van der Waals surface area contributed by atoms with Crippen LogP contribution in [0.2, 0.25) is 0 Å². The van der Waals surface area contributed by atoms with E-state index in [0.717, 1.165) is 0 Å². The van der Waals surface area contributed by atoms with Gasteiger partial charge in [-0.25, -0.2) is 4.79 Å². The molecular formula is C12H11NO5. The Morgan fingerprint density at radius 2 is 2.06 bits per heavy atom. The van der Waals surface area contributed by atoms with Gasteiger partial charge in [0.15, 0.2) is 11.4 Å². The fourth-order valence-corrected chi connectivity index (χ4v) is 1.67. The molecule has 1 heterocycles. The predicted molar refractivity (Wildman–Crippen MR) is 62.7 cm³/mol. The number of aliphatic carboxylic acids is 1. The second kappa shape index (κ2) is 4.87. The SMILES string of the molecule is O=C(O)CCCC(=O)c1ccc2oc(=O)[nH]c2c1. The van der Waals surface area contributed by atoms with Gasteiger partial charge < -0.3 is 9.52 Å². The number of benzene rings is 1. The van der Waals surface area contributed by atoms with Gasteiger partial charge in [0.1, 0.15) is 0 Å². The highest BCUT2D eigenvalue weighted by molar-refractivity contribution is 5.98. The second-order valence-corrected chi connectivity index (χ2v) is 3.90. The molecule has 0 fully saturated rings. The average molecular weight is 249 g/mol. The number of carbonyl (C=O) groups is 2. The number of fused-ring (bicyclic) bond motifs is 1. The minimum Gasteiger partial charge on any atom is -0.481 e. The van der Waals surface area contributed by atoms with Crippen LogP contribution in [0, 0.1) is 0 Å². The Morgan fingerprint density at radius 1 is 1.28 bits per heavy atom. The maximum Gasteiger partial charge on any atom is 0.417 e. The molecule has 94 valence electrons. The number of H-pyrrole nitrogens is 1. The Hall–Kier alpha value is -2.37. The van der Waals surface area contributed by atoms with E-state index in [1.807, 2.05) is 0 Å². The molecule has 0 amide bonds. The van der Waals surface area contributed by atoms with Crippen molar-refractivity contribution in [1.29, 1.82) is 0 Å². The number of Topliss-reactive ketones (excluding diaryl/α,β-unsaturated/α-hetero) is 1. The second-order valence-electron chi connectivity index (χ2n) is 3.90. The minimum atomic E-state index is -0.919. The first-order valence-electron chi connectivity index (χ1n) is 5.44. The molecule has 0 saturated heterocycles. The molecule has 0 saturated carbocycles. The zero-order valence-corrected chi connectivity index (χ0v) is 9.43. The summed E-state index contributed by atoms with van der Waals surface area (Å²) in [6.07, 6.45) is 0.435. The zero-order valence-electron chi connectivity index (χ0n) is 9.43. The summed E-state index contributed by atoms with van der Waals surface area (Å²) >= 11 is 0. The Morgan fingerprint density at radius 3 is 2.78 bits per heavy atom. The standard InChI is InChI=1S/C12H11NO5/c14-9(2-1-3-11(15)16)7-4-5-10-8(6-7)13-12(17)18-10/h4-6H,1-3H2,(H,13,17)(H,15,16). The number of aromatic amines is 1. The van der Waals surface area contributed by atoms with Gasteiger partial charge in [0.05, 0.1) is 5.52 Å². The topological polar surface area (TPSA) is 100 Å². The molecule has 0 atom stereocenters. The lowest BCUT2D eigenvalue weighted by molar-refractivity contribution is -0.137. The number of oxazole rings is 1. The molecule has 18 heavy (non-hydrogen) atoms. The third-order valence-corrected chi connectivity index (χ3v) is 2.54. The van der Waals surface area contributed by atoms with Crippen LogP contribution in [0.5, 0.6) is 0 Å². The number of aromatic nitrogens is 1. The molecule has 0 aliphatic heterocycles. The van der Waals surface area contributed by atoms with E-state index in [0.29, 0.717) is 23.1 Å². The maximum absolute atomic E-state index is 11.8. The zero-order chi connectivity index (χ0) is 13.1. The van der Waals surface area contributed by atoms with Crippen LogP contribution in [0.15, 0.2) is 27.4 Å². The summed E-state index contributed by atoms with van der Waals surface area (Å²) < 4.78 is 4.82. The molecule has 2 aromatic rings. The molecule has 6 heteroatoms. The lowest BCUT2D eigenvalue weighted by atomic mass is 10.1. The molecule has 0 aliphatic carbocycles. The van der Waals surface area contributed by atoms with Crippen LogP contribution in [-0.4, -0.2) is 21.8 Å². The summed E-state index contributed by atoms with van der Waals surface area (Å²) in [5, 5.41) is 8.48. The van der Waals surface area contributed by atoms with Crippen molar-refractivity contribution in [3.05, 3.63) is 34.3 Å². The van der Waals surface area contributed by atoms with Gasteiger partial charge in [-0.1, -0.05) is 0 Å². The minimum absolute atomic E-state index is 0.0312. The number of hydrogen-bond donors (Lipinski definition) is 2. The first-order valence-corrected chi connectivity index (χ1v) is 5.44. The number of hydrogen-bond acceptors (Lipinski definition) is 4. The van der Waals surface area contributed by atoms with E-state index in [4.69, 9.17) is 9.52 Å². The molecule has 1 aromatic heterocycles. The normalized spacial score (nSPS) is 10.7. The largest absolute Gasteiger partial charge is 0.481 e. The number of carboxylic acids is 1. The van der Waals surface area contributed by atoms with Gasteiger partial charge in [-0.15, -0.1) is 0 Å². The summed E-state index contributed by atoms with van der Waals surface area (Å²) in [6.45, 7) is 0. The van der Waals surface area contributed by atoms with Gasteiger partial charge in [-0.2, -0.15) is 0 Å². The van der Waals surface area contributed by atoms with Crippen molar-refractivity contribution in [2.45, 2.75) is 19.3 Å². The van der Waals surface area contributed by atoms with Gasteiger partial charge >= 0.3 is 11.7 Å². The van der Waals surface area contributed by atoms with Crippen molar-refractivity contribution < 1.29 is 19.1 Å². The quantitative estimate of drug-likeness (QED) is 0.783. The molecule has 2 rings (SSSR count). The van der Waals surface area contributed by atoms with E-state index in [-0.39, 0.29) is 18.6 Å². The summed E-state index contributed by atoms with van der Waals surface area (Å²) in [6, 6.07) is 4.63. The first-order chi connectivity index (χ1) is 8.56. The Bertz CT molecular complexity index is 652. The molecule has 0 spiro atoms. The highest BCUT2D eigenvalue weighted by atomic mass is 16.4. The Labute approximate surface area is 101 Å². The highest BCUT2D eigenvalue weighted by Crippen LogP contribution is 2.14. The van der Waals surface area contributed by atoms with Gasteiger partial charge in [0.2, 0.25) is 0 Å². The smallest absolute Gasteiger partial charge is 0.417 e. The maximum atomic E-state index is 11.8. The molecule has 0 bridgehead atoms. The molecule has 0 aliphatic rings. The fraction of sp³-hybridized carbons (Fsp3) is 0.250. The van der Waals surface area contributed by atoms with Crippen molar-refractivity contribution in [1.82, 2.24) is 4.98 Å². The number of carboxylic acid groups (broad SMARTS) is 1. The van der Waals surface area contributed by atoms with Crippen LogP contribution >= 0.6 is 0 Å². The molecule has 0 unspecified atom stereocenters. The van der Waals surface area contributed by atoms with Gasteiger partial charge in [-0.3, -0.25) is 14.6 Å². The van der Waals surface area contributed by atoms with Crippen molar-refractivity contribution in [2.24, 2.45) is 0 Å². The van der Waals surface area contributed by atoms with Gasteiger partial charge in [-0.05, 0) is 24.6 Å². The van der Waals surface area contributed by atoms with Crippen LogP contribution in [-0.2, 0) is 4.79 Å². The molecule has 1 aromatic carbocycles. The molecule has 2 N–H and O–H groups in total. The first kappa shape index (κ1) is 12.1. The molecule has 6 nitrogen and oxygen atoms in total. The van der Waals surface area contributed by atoms with Crippen LogP contribution in [0.25, 0.3) is 11.1 Å². The third-order valence-electron chi connectivity index (χ3n) is 2.54.